The molecule has 1 atom stereocenters. The number of nitrogens with zero attached hydrogens (tertiary/aromatic N) is 1. The molecule has 0 fully saturated rings. The number of carbonyl (C=O) groups excluding carboxylic acids is 1. The van der Waals surface area contributed by atoms with Crippen LogP contribution in [0.5, 0.6) is 5.75 Å². The molecule has 0 saturated heterocycles. The Morgan fingerprint density at radius 3 is 2.50 bits per heavy atom. The number of aromatic nitrogens is 1. The van der Waals surface area contributed by atoms with Gasteiger partial charge in [0.15, 0.2) is 0 Å². The smallest absolute Gasteiger partial charge is 0.338 e. The number of fused-ring (bicyclic) bond motifs is 1. The predicted octanol–water partition coefficient (Wildman–Crippen LogP) is 5.32. The van der Waals surface area contributed by atoms with E-state index in [1.54, 1.807) is 25.3 Å². The minimum absolute atomic E-state index is 0.151. The molecule has 30 heavy (non-hydrogen) atoms. The first kappa shape index (κ1) is 19.5. The Morgan fingerprint density at radius 1 is 1.00 bits per heavy atom. The average molecular weight is 398 g/mol. The molecule has 0 radical (unpaired) electrons. The van der Waals surface area contributed by atoms with Crippen LogP contribution < -0.4 is 5.32 Å². The van der Waals surface area contributed by atoms with Gasteiger partial charge in [0.1, 0.15) is 11.3 Å². The molecule has 0 aliphatic rings. The van der Waals surface area contributed by atoms with Crippen LogP contribution in [0.2, 0.25) is 0 Å². The lowest BCUT2D eigenvalue weighted by atomic mass is 9.96. The largest absolute Gasteiger partial charge is 0.505 e. The van der Waals surface area contributed by atoms with E-state index in [4.69, 9.17) is 4.74 Å². The number of ether oxygens (including phenoxy) is 1. The first-order valence-electron chi connectivity index (χ1n) is 9.82. The van der Waals surface area contributed by atoms with Crippen molar-refractivity contribution in [2.45, 2.75) is 13.0 Å². The molecule has 0 amide bonds. The zero-order valence-corrected chi connectivity index (χ0v) is 16.6. The fourth-order valence-electron chi connectivity index (χ4n) is 3.45. The lowest BCUT2D eigenvalue weighted by Crippen LogP contribution is -2.13. The molecule has 0 aliphatic carbocycles. The van der Waals surface area contributed by atoms with Crippen LogP contribution in [0, 0.1) is 0 Å². The van der Waals surface area contributed by atoms with E-state index in [0.29, 0.717) is 17.7 Å². The van der Waals surface area contributed by atoms with E-state index in [1.807, 2.05) is 66.7 Å². The van der Waals surface area contributed by atoms with Gasteiger partial charge >= 0.3 is 5.97 Å². The first-order valence-corrected chi connectivity index (χ1v) is 9.82. The maximum absolute atomic E-state index is 11.9. The van der Waals surface area contributed by atoms with E-state index in [0.717, 1.165) is 22.2 Å². The number of esters is 1. The Morgan fingerprint density at radius 2 is 1.77 bits per heavy atom. The predicted molar refractivity (Wildman–Crippen MR) is 118 cm³/mol. The van der Waals surface area contributed by atoms with E-state index < -0.39 is 0 Å². The summed E-state index contributed by atoms with van der Waals surface area (Å²) in [7, 11) is 0. The second kappa shape index (κ2) is 8.66. The van der Waals surface area contributed by atoms with Gasteiger partial charge in [-0.2, -0.15) is 0 Å². The third-order valence-corrected chi connectivity index (χ3v) is 4.93. The van der Waals surface area contributed by atoms with Gasteiger partial charge in [0.05, 0.1) is 18.2 Å². The fourth-order valence-corrected chi connectivity index (χ4v) is 3.45. The van der Waals surface area contributed by atoms with Crippen molar-refractivity contribution < 1.29 is 14.6 Å². The zero-order valence-electron chi connectivity index (χ0n) is 16.6. The number of benzene rings is 3. The van der Waals surface area contributed by atoms with Crippen LogP contribution in [0.1, 0.15) is 34.5 Å². The molecule has 0 aliphatic heterocycles. The van der Waals surface area contributed by atoms with Crippen LogP contribution in [-0.2, 0) is 4.74 Å². The highest BCUT2D eigenvalue weighted by Crippen LogP contribution is 2.36. The second-order valence-electron chi connectivity index (χ2n) is 6.86. The van der Waals surface area contributed by atoms with E-state index in [9.17, 15) is 9.90 Å². The third kappa shape index (κ3) is 3.96. The Hall–Kier alpha value is -3.86. The number of pyridine rings is 1. The molecule has 1 aromatic heterocycles. The topological polar surface area (TPSA) is 71.5 Å². The van der Waals surface area contributed by atoms with E-state index >= 15 is 0 Å². The number of phenolic OH excluding ortho intramolecular Hbond substituents is 1. The van der Waals surface area contributed by atoms with Crippen molar-refractivity contribution in [1.82, 2.24) is 4.98 Å². The number of nitrogens with one attached hydrogen (secondary N) is 1. The molecule has 0 saturated carbocycles. The SMILES string of the molecule is CCOC(=O)c1ccc(N[C@@H](c2ccccc2)c2ccc3cccnc3c2O)cc1. The van der Waals surface area contributed by atoms with E-state index in [1.165, 1.54) is 0 Å². The average Bonchev–Trinajstić information content (AvgIpc) is 2.79. The summed E-state index contributed by atoms with van der Waals surface area (Å²) in [5.41, 5.74) is 3.60. The van der Waals surface area contributed by atoms with Crippen molar-refractivity contribution in [1.29, 1.82) is 0 Å². The Kier molecular flexibility index (Phi) is 5.61. The summed E-state index contributed by atoms with van der Waals surface area (Å²) >= 11 is 0. The van der Waals surface area contributed by atoms with E-state index in [2.05, 4.69) is 10.3 Å². The van der Waals surface area contributed by atoms with Crippen LogP contribution >= 0.6 is 0 Å². The number of rotatable bonds is 6. The molecule has 4 rings (SSSR count). The summed E-state index contributed by atoms with van der Waals surface area (Å²) in [4.78, 5) is 16.3. The highest BCUT2D eigenvalue weighted by atomic mass is 16.5. The molecule has 1 heterocycles. The highest BCUT2D eigenvalue weighted by Gasteiger charge is 2.20. The normalized spacial score (nSPS) is 11.8. The molecule has 5 heteroatoms. The monoisotopic (exact) mass is 398 g/mol. The minimum atomic E-state index is -0.345. The molecule has 150 valence electrons. The van der Waals surface area contributed by atoms with Gasteiger partial charge in [0.25, 0.3) is 0 Å². The number of phenols is 1. The van der Waals surface area contributed by atoms with Crippen LogP contribution in [0.4, 0.5) is 5.69 Å². The Balaban J connectivity index is 1.72. The van der Waals surface area contributed by atoms with Gasteiger partial charge in [-0.15, -0.1) is 0 Å². The minimum Gasteiger partial charge on any atom is -0.505 e. The maximum atomic E-state index is 11.9. The Bertz CT molecular complexity index is 1160. The summed E-state index contributed by atoms with van der Waals surface area (Å²) in [5.74, 6) is -0.195. The van der Waals surface area contributed by atoms with Crippen LogP contribution in [-0.4, -0.2) is 22.7 Å². The van der Waals surface area contributed by atoms with Crippen LogP contribution in [0.25, 0.3) is 10.9 Å². The number of carbonyl (C=O) groups is 1. The van der Waals surface area contributed by atoms with Gasteiger partial charge in [0.2, 0.25) is 0 Å². The van der Waals surface area contributed by atoms with Gasteiger partial charge < -0.3 is 15.2 Å². The molecule has 2 N–H and O–H groups in total. The number of anilines is 1. The van der Waals surface area contributed by atoms with Crippen LogP contribution in [0.15, 0.2) is 85.1 Å². The van der Waals surface area contributed by atoms with Crippen molar-refractivity contribution >= 4 is 22.6 Å². The number of hydrogen-bond acceptors (Lipinski definition) is 5. The summed E-state index contributed by atoms with van der Waals surface area (Å²) in [6.07, 6.45) is 1.67. The zero-order chi connectivity index (χ0) is 20.9. The molecule has 3 aromatic carbocycles. The van der Waals surface area contributed by atoms with Crippen molar-refractivity contribution in [2.24, 2.45) is 0 Å². The quantitative estimate of drug-likeness (QED) is 0.430. The molecule has 0 bridgehead atoms. The fraction of sp³-hybridized carbons (Fsp3) is 0.120. The van der Waals surface area contributed by atoms with E-state index in [-0.39, 0.29) is 17.8 Å². The van der Waals surface area contributed by atoms with Gasteiger partial charge in [-0.25, -0.2) is 4.79 Å². The van der Waals surface area contributed by atoms with Crippen molar-refractivity contribution in [2.75, 3.05) is 11.9 Å². The summed E-state index contributed by atoms with van der Waals surface area (Å²) in [6.45, 7) is 2.12. The molecular formula is C25H22N2O3. The summed E-state index contributed by atoms with van der Waals surface area (Å²) < 4.78 is 5.04. The van der Waals surface area contributed by atoms with Gasteiger partial charge in [-0.1, -0.05) is 48.5 Å². The third-order valence-electron chi connectivity index (χ3n) is 4.93. The molecule has 4 aromatic rings. The van der Waals surface area contributed by atoms with Gasteiger partial charge in [-0.05, 0) is 42.8 Å². The van der Waals surface area contributed by atoms with Crippen molar-refractivity contribution in [3.8, 4) is 5.75 Å². The summed E-state index contributed by atoms with van der Waals surface area (Å²) in [6, 6.07) is 24.3. The van der Waals surface area contributed by atoms with Crippen molar-refractivity contribution in [3.05, 3.63) is 102 Å². The maximum Gasteiger partial charge on any atom is 0.338 e. The van der Waals surface area contributed by atoms with Gasteiger partial charge in [0, 0.05) is 22.8 Å². The second-order valence-corrected chi connectivity index (χ2v) is 6.86. The lowest BCUT2D eigenvalue weighted by molar-refractivity contribution is 0.0526. The molecule has 0 spiro atoms. The standard InChI is InChI=1S/C25H22N2O3/c1-2-30-25(29)19-10-13-20(14-11-19)27-22(17-7-4-3-5-8-17)21-15-12-18-9-6-16-26-23(18)24(21)28/h3-16,22,27-28H,2H2,1H3/t22-/m0/s1. The first-order chi connectivity index (χ1) is 14.7. The van der Waals surface area contributed by atoms with Crippen molar-refractivity contribution in [3.63, 3.8) is 0 Å². The Labute approximate surface area is 175 Å². The number of hydrogen-bond donors (Lipinski definition) is 2. The lowest BCUT2D eigenvalue weighted by Gasteiger charge is -2.22. The molecule has 5 nitrogen and oxygen atoms in total. The number of aromatic hydroxyl groups is 1. The highest BCUT2D eigenvalue weighted by molar-refractivity contribution is 5.90. The van der Waals surface area contributed by atoms with Crippen LogP contribution in [0.3, 0.4) is 0 Å². The molecule has 0 unspecified atom stereocenters. The molecular weight excluding hydrogens is 376 g/mol. The van der Waals surface area contributed by atoms with Gasteiger partial charge in [-0.3, -0.25) is 4.98 Å². The summed E-state index contributed by atoms with van der Waals surface area (Å²) in [5, 5.41) is 15.3.